The molecule has 2 aromatic heterocycles. The average molecular weight is 434 g/mol. The van der Waals surface area contributed by atoms with Gasteiger partial charge in [0.25, 0.3) is 0 Å². The molecule has 32 heavy (non-hydrogen) atoms. The Morgan fingerprint density at radius 3 is 2.62 bits per heavy atom. The summed E-state index contributed by atoms with van der Waals surface area (Å²) in [7, 11) is 0. The molecule has 0 bridgehead atoms. The maximum absolute atomic E-state index is 7.50. The van der Waals surface area contributed by atoms with Crippen molar-refractivity contribution in [2.24, 2.45) is 0 Å². The quantitative estimate of drug-likeness (QED) is 0.365. The predicted molar refractivity (Wildman–Crippen MR) is 125 cm³/mol. The van der Waals surface area contributed by atoms with Gasteiger partial charge in [0.05, 0.1) is 19.8 Å². The van der Waals surface area contributed by atoms with E-state index in [0.29, 0.717) is 36.3 Å². The van der Waals surface area contributed by atoms with Gasteiger partial charge in [0, 0.05) is 37.1 Å². The number of aromatic amines is 1. The summed E-state index contributed by atoms with van der Waals surface area (Å²) in [5.74, 6) is 2.65. The van der Waals surface area contributed by atoms with E-state index in [1.165, 1.54) is 5.69 Å². The maximum atomic E-state index is 7.50. The molecule has 1 saturated heterocycles. The molecular weight excluding hydrogens is 406 g/mol. The highest BCUT2D eigenvalue weighted by Gasteiger charge is 2.12. The van der Waals surface area contributed by atoms with Crippen molar-refractivity contribution in [3.05, 3.63) is 59.1 Å². The van der Waals surface area contributed by atoms with E-state index in [-0.39, 0.29) is 0 Å². The Morgan fingerprint density at radius 2 is 1.94 bits per heavy atom. The first kappa shape index (κ1) is 21.5. The lowest BCUT2D eigenvalue weighted by atomic mass is 10.2. The van der Waals surface area contributed by atoms with E-state index in [4.69, 9.17) is 16.0 Å². The van der Waals surface area contributed by atoms with Crippen LogP contribution in [0.25, 0.3) is 4.85 Å². The zero-order valence-electron chi connectivity index (χ0n) is 18.3. The van der Waals surface area contributed by atoms with Crippen molar-refractivity contribution in [1.82, 2.24) is 15.2 Å². The summed E-state index contributed by atoms with van der Waals surface area (Å²) in [4.78, 5) is 10.5. The summed E-state index contributed by atoms with van der Waals surface area (Å²) >= 11 is 0. The second-order valence-corrected chi connectivity index (χ2v) is 7.56. The van der Waals surface area contributed by atoms with E-state index in [1.54, 1.807) is 0 Å². The minimum Gasteiger partial charge on any atom is -0.492 e. The number of ether oxygens (including phenoxy) is 2. The molecule has 3 N–H and O–H groups in total. The molecule has 1 fully saturated rings. The van der Waals surface area contributed by atoms with Gasteiger partial charge in [0.2, 0.25) is 5.69 Å². The number of nitrogens with zero attached hydrogens (tertiary/aromatic N) is 4. The summed E-state index contributed by atoms with van der Waals surface area (Å²) < 4.78 is 11.3. The van der Waals surface area contributed by atoms with Gasteiger partial charge in [0.1, 0.15) is 24.0 Å². The molecule has 0 saturated carbocycles. The molecule has 0 unspecified atom stereocenters. The van der Waals surface area contributed by atoms with Crippen LogP contribution in [0.2, 0.25) is 0 Å². The zero-order chi connectivity index (χ0) is 22.3. The maximum Gasteiger partial charge on any atom is 0.231 e. The van der Waals surface area contributed by atoms with Crippen LogP contribution in [0.4, 0.5) is 28.8 Å². The van der Waals surface area contributed by atoms with Gasteiger partial charge in [-0.05, 0) is 49.7 Å². The van der Waals surface area contributed by atoms with Crippen molar-refractivity contribution in [2.45, 2.75) is 13.8 Å². The molecule has 1 aliphatic rings. The molecule has 0 radical (unpaired) electrons. The number of hydrogen-bond donors (Lipinski definition) is 3. The second-order valence-electron chi connectivity index (χ2n) is 7.56. The van der Waals surface area contributed by atoms with Crippen molar-refractivity contribution >= 4 is 28.8 Å². The molecule has 0 amide bonds. The Bertz CT molecular complexity index is 1080. The third-order valence-corrected chi connectivity index (χ3v) is 5.13. The Morgan fingerprint density at radius 1 is 1.16 bits per heavy atom. The highest BCUT2D eigenvalue weighted by Crippen LogP contribution is 2.30. The Kier molecular flexibility index (Phi) is 6.72. The summed E-state index contributed by atoms with van der Waals surface area (Å²) in [6, 6.07) is 11.8. The van der Waals surface area contributed by atoms with Gasteiger partial charge in [-0.1, -0.05) is 0 Å². The lowest BCUT2D eigenvalue weighted by molar-refractivity contribution is 0.122. The molecule has 0 spiro atoms. The minimum atomic E-state index is 0.450. The number of anilines is 4. The van der Waals surface area contributed by atoms with Crippen LogP contribution in [0.1, 0.15) is 11.3 Å². The Balaban J connectivity index is 1.33. The molecule has 0 atom stereocenters. The fraction of sp³-hybridized carbons (Fsp3) is 0.348. The van der Waals surface area contributed by atoms with Crippen molar-refractivity contribution < 1.29 is 9.47 Å². The third kappa shape index (κ3) is 5.28. The van der Waals surface area contributed by atoms with Crippen LogP contribution in [0.3, 0.4) is 0 Å². The van der Waals surface area contributed by atoms with Crippen LogP contribution in [0.5, 0.6) is 5.75 Å². The van der Waals surface area contributed by atoms with Gasteiger partial charge in [-0.2, -0.15) is 5.10 Å². The van der Waals surface area contributed by atoms with Crippen LogP contribution in [0, 0.1) is 20.4 Å². The molecule has 4 rings (SSSR count). The number of aryl methyl sites for hydroxylation is 2. The van der Waals surface area contributed by atoms with Crippen LogP contribution >= 0.6 is 0 Å². The summed E-state index contributed by atoms with van der Waals surface area (Å²) in [5.41, 5.74) is 3.47. The van der Waals surface area contributed by atoms with E-state index >= 15 is 0 Å². The van der Waals surface area contributed by atoms with Gasteiger partial charge in [-0.15, -0.1) is 0 Å². The fourth-order valence-electron chi connectivity index (χ4n) is 3.52. The highest BCUT2D eigenvalue weighted by molar-refractivity contribution is 5.73. The highest BCUT2D eigenvalue weighted by atomic mass is 16.5. The molecule has 166 valence electrons. The smallest absolute Gasteiger partial charge is 0.231 e. The van der Waals surface area contributed by atoms with Crippen molar-refractivity contribution in [2.75, 3.05) is 55.0 Å². The number of rotatable bonds is 8. The molecule has 9 nitrogen and oxygen atoms in total. The van der Waals surface area contributed by atoms with E-state index in [0.717, 1.165) is 43.3 Å². The molecule has 0 aliphatic carbocycles. The first-order chi connectivity index (χ1) is 15.6. The molecular formula is C23H27N7O2. The standard InChI is InChI=1S/C23H27N7O2/c1-16-14-20(26-21-15-17(2)28-29-21)27-23(22(16)24-3)25-8-11-32-19-6-4-18(5-7-19)30-9-12-31-13-10-30/h4-7,14-15H,8-13H2,1-2H3,(H3,25,26,27,28,29). The minimum absolute atomic E-state index is 0.450. The molecule has 1 aliphatic heterocycles. The van der Waals surface area contributed by atoms with Crippen LogP contribution < -0.4 is 20.3 Å². The zero-order valence-corrected chi connectivity index (χ0v) is 18.3. The molecule has 9 heteroatoms. The van der Waals surface area contributed by atoms with Gasteiger partial charge < -0.3 is 25.0 Å². The monoisotopic (exact) mass is 433 g/mol. The lowest BCUT2D eigenvalue weighted by Gasteiger charge is -2.28. The fourth-order valence-corrected chi connectivity index (χ4v) is 3.52. The number of benzene rings is 1. The van der Waals surface area contributed by atoms with Crippen LogP contribution in [-0.4, -0.2) is 54.6 Å². The van der Waals surface area contributed by atoms with E-state index < -0.39 is 0 Å². The number of morpholine rings is 1. The van der Waals surface area contributed by atoms with Gasteiger partial charge >= 0.3 is 0 Å². The van der Waals surface area contributed by atoms with Crippen LogP contribution in [-0.2, 0) is 4.74 Å². The molecule has 1 aromatic carbocycles. The predicted octanol–water partition coefficient (Wildman–Crippen LogP) is 4.04. The number of pyridine rings is 1. The van der Waals surface area contributed by atoms with Gasteiger partial charge in [-0.25, -0.2) is 9.83 Å². The molecule has 3 heterocycles. The van der Waals surface area contributed by atoms with Crippen LogP contribution in [0.15, 0.2) is 36.4 Å². The van der Waals surface area contributed by atoms with E-state index in [2.05, 4.69) is 47.7 Å². The number of aromatic nitrogens is 3. The second kappa shape index (κ2) is 10.0. The third-order valence-electron chi connectivity index (χ3n) is 5.13. The SMILES string of the molecule is [C-]#[N+]c1c(C)cc(Nc2cc(C)[nH]n2)nc1NCCOc1ccc(N2CCOCC2)cc1. The van der Waals surface area contributed by atoms with Crippen molar-refractivity contribution in [3.8, 4) is 5.75 Å². The Hall–Kier alpha value is -3.77. The Labute approximate surface area is 187 Å². The number of nitrogens with one attached hydrogen (secondary N) is 3. The number of hydrogen-bond acceptors (Lipinski definition) is 7. The van der Waals surface area contributed by atoms with Crippen molar-refractivity contribution in [3.63, 3.8) is 0 Å². The van der Waals surface area contributed by atoms with Gasteiger partial charge in [0.15, 0.2) is 5.82 Å². The topological polar surface area (TPSA) is 91.7 Å². The average Bonchev–Trinajstić information content (AvgIpc) is 3.22. The van der Waals surface area contributed by atoms with Crippen molar-refractivity contribution in [1.29, 1.82) is 0 Å². The summed E-state index contributed by atoms with van der Waals surface area (Å²) in [5, 5.41) is 13.5. The summed E-state index contributed by atoms with van der Waals surface area (Å²) in [6.07, 6.45) is 0. The van der Waals surface area contributed by atoms with E-state index in [1.807, 2.05) is 38.1 Å². The largest absolute Gasteiger partial charge is 0.492 e. The normalized spacial score (nSPS) is 13.5. The first-order valence-corrected chi connectivity index (χ1v) is 10.6. The first-order valence-electron chi connectivity index (χ1n) is 10.6. The lowest BCUT2D eigenvalue weighted by Crippen LogP contribution is -2.36. The summed E-state index contributed by atoms with van der Waals surface area (Å²) in [6.45, 7) is 15.7. The van der Waals surface area contributed by atoms with Gasteiger partial charge in [-0.3, -0.25) is 5.10 Å². The van der Waals surface area contributed by atoms with E-state index in [9.17, 15) is 0 Å². The number of H-pyrrole nitrogens is 1. The molecule has 3 aromatic rings.